The van der Waals surface area contributed by atoms with Crippen LogP contribution in [-0.2, 0) is 18.5 Å². The van der Waals surface area contributed by atoms with Crippen molar-refractivity contribution >= 4 is 11.6 Å². The first-order valence-electron chi connectivity index (χ1n) is 6.57. The molecule has 0 bridgehead atoms. The van der Waals surface area contributed by atoms with Crippen LogP contribution in [0.1, 0.15) is 39.1 Å². The Balaban J connectivity index is 2.44. The van der Waals surface area contributed by atoms with E-state index in [1.165, 1.54) is 0 Å². The molecule has 2 rings (SSSR count). The topological polar surface area (TPSA) is 87.7 Å². The molecule has 0 saturated heterocycles. The fourth-order valence-corrected chi connectivity index (χ4v) is 2.11. The molecule has 0 aliphatic rings. The maximum atomic E-state index is 5.94. The molecule has 104 valence electrons. The van der Waals surface area contributed by atoms with E-state index in [1.54, 1.807) is 9.36 Å². The lowest BCUT2D eigenvalue weighted by Gasteiger charge is -2.19. The van der Waals surface area contributed by atoms with E-state index >= 15 is 0 Å². The molecule has 6 heteroatoms. The van der Waals surface area contributed by atoms with Gasteiger partial charge in [-0.2, -0.15) is 10.2 Å². The van der Waals surface area contributed by atoms with Gasteiger partial charge in [-0.1, -0.05) is 0 Å². The fourth-order valence-electron chi connectivity index (χ4n) is 2.11. The summed E-state index contributed by atoms with van der Waals surface area (Å²) in [6.07, 6.45) is 0. The van der Waals surface area contributed by atoms with Gasteiger partial charge >= 0.3 is 0 Å². The van der Waals surface area contributed by atoms with Gasteiger partial charge in [0.2, 0.25) is 0 Å². The summed E-state index contributed by atoms with van der Waals surface area (Å²) >= 11 is 0. The van der Waals surface area contributed by atoms with Gasteiger partial charge in [-0.25, -0.2) is 0 Å². The number of nitrogen functional groups attached to an aromatic ring is 2. The number of aromatic nitrogens is 4. The van der Waals surface area contributed by atoms with E-state index in [2.05, 4.69) is 24.0 Å². The molecule has 2 aromatic heterocycles. The second-order valence-electron chi connectivity index (χ2n) is 5.17. The Labute approximate surface area is 113 Å². The zero-order chi connectivity index (χ0) is 14.2. The van der Waals surface area contributed by atoms with Gasteiger partial charge < -0.3 is 11.5 Å². The number of nitrogens with two attached hydrogens (primary N) is 2. The lowest BCUT2D eigenvalue weighted by atomic mass is 9.86. The summed E-state index contributed by atoms with van der Waals surface area (Å²) in [7, 11) is 0. The molecular weight excluding hydrogens is 240 g/mol. The van der Waals surface area contributed by atoms with Crippen molar-refractivity contribution in [3.63, 3.8) is 0 Å². The predicted octanol–water partition coefficient (Wildman–Crippen LogP) is 1.61. The van der Waals surface area contributed by atoms with Gasteiger partial charge in [0.15, 0.2) is 0 Å². The maximum Gasteiger partial charge on any atom is 0.121 e. The van der Waals surface area contributed by atoms with Gasteiger partial charge in [0, 0.05) is 25.2 Å². The van der Waals surface area contributed by atoms with Crippen molar-refractivity contribution in [2.45, 2.75) is 46.2 Å². The van der Waals surface area contributed by atoms with Crippen molar-refractivity contribution in [1.82, 2.24) is 19.6 Å². The minimum atomic E-state index is -0.316. The molecule has 6 nitrogen and oxygen atoms in total. The lowest BCUT2D eigenvalue weighted by Crippen LogP contribution is -2.21. The van der Waals surface area contributed by atoms with Crippen molar-refractivity contribution in [1.29, 1.82) is 0 Å². The first-order valence-corrected chi connectivity index (χ1v) is 6.57. The summed E-state index contributed by atoms with van der Waals surface area (Å²) < 4.78 is 3.58. The summed E-state index contributed by atoms with van der Waals surface area (Å²) in [4.78, 5) is 0. The number of hydrogen-bond acceptors (Lipinski definition) is 4. The number of nitrogens with zero attached hydrogens (tertiary/aromatic N) is 4. The van der Waals surface area contributed by atoms with Crippen molar-refractivity contribution in [2.24, 2.45) is 0 Å². The molecule has 0 unspecified atom stereocenters. The van der Waals surface area contributed by atoms with Crippen molar-refractivity contribution in [3.05, 3.63) is 23.5 Å². The van der Waals surface area contributed by atoms with Crippen LogP contribution in [0.4, 0.5) is 11.6 Å². The maximum absolute atomic E-state index is 5.94. The first-order chi connectivity index (χ1) is 8.90. The molecule has 0 saturated carbocycles. The van der Waals surface area contributed by atoms with Crippen LogP contribution in [0.25, 0.3) is 0 Å². The van der Waals surface area contributed by atoms with E-state index in [4.69, 9.17) is 11.5 Å². The molecule has 0 amide bonds. The Morgan fingerprint density at radius 3 is 1.58 bits per heavy atom. The molecule has 0 aliphatic heterocycles. The highest BCUT2D eigenvalue weighted by Crippen LogP contribution is 2.31. The molecule has 0 aromatic carbocycles. The van der Waals surface area contributed by atoms with E-state index < -0.39 is 0 Å². The molecule has 0 atom stereocenters. The summed E-state index contributed by atoms with van der Waals surface area (Å²) in [5.74, 6) is 1.35. The van der Waals surface area contributed by atoms with Crippen LogP contribution < -0.4 is 11.5 Å². The molecule has 0 fully saturated rings. The summed E-state index contributed by atoms with van der Waals surface area (Å²) in [5, 5.41) is 9.09. The van der Waals surface area contributed by atoms with Crippen LogP contribution in [0.5, 0.6) is 0 Å². The third-order valence-electron chi connectivity index (χ3n) is 3.50. The Bertz CT molecular complexity index is 528. The molecular formula is C13H22N6. The number of anilines is 2. The lowest BCUT2D eigenvalue weighted by molar-refractivity contribution is 0.543. The molecule has 0 spiro atoms. The molecule has 2 heterocycles. The largest absolute Gasteiger partial charge is 0.384 e. The third-order valence-corrected chi connectivity index (χ3v) is 3.50. The first kappa shape index (κ1) is 13.5. The fraction of sp³-hybridized carbons (Fsp3) is 0.538. The van der Waals surface area contributed by atoms with Crippen LogP contribution in [0.2, 0.25) is 0 Å². The molecule has 4 N–H and O–H groups in total. The highest BCUT2D eigenvalue weighted by Gasteiger charge is 2.30. The summed E-state index contributed by atoms with van der Waals surface area (Å²) in [6, 6.07) is 3.81. The van der Waals surface area contributed by atoms with E-state index in [9.17, 15) is 0 Å². The molecule has 0 radical (unpaired) electrons. The average molecular weight is 262 g/mol. The van der Waals surface area contributed by atoms with Crippen molar-refractivity contribution in [3.8, 4) is 0 Å². The van der Waals surface area contributed by atoms with Crippen LogP contribution in [0.15, 0.2) is 12.1 Å². The highest BCUT2D eigenvalue weighted by atomic mass is 15.3. The van der Waals surface area contributed by atoms with Crippen LogP contribution >= 0.6 is 0 Å². The van der Waals surface area contributed by atoms with Gasteiger partial charge in [-0.05, 0) is 27.7 Å². The Hall–Kier alpha value is -1.98. The van der Waals surface area contributed by atoms with Gasteiger partial charge in [0.1, 0.15) is 11.6 Å². The van der Waals surface area contributed by atoms with E-state index in [0.717, 1.165) is 24.5 Å². The highest BCUT2D eigenvalue weighted by molar-refractivity contribution is 5.41. The molecule has 0 aliphatic carbocycles. The minimum absolute atomic E-state index is 0.316. The quantitative estimate of drug-likeness (QED) is 0.876. The van der Waals surface area contributed by atoms with Gasteiger partial charge in [-0.3, -0.25) is 9.36 Å². The smallest absolute Gasteiger partial charge is 0.121 e. The van der Waals surface area contributed by atoms with Gasteiger partial charge in [0.25, 0.3) is 0 Å². The monoisotopic (exact) mass is 262 g/mol. The minimum Gasteiger partial charge on any atom is -0.384 e. The van der Waals surface area contributed by atoms with E-state index in [1.807, 2.05) is 26.0 Å². The summed E-state index contributed by atoms with van der Waals surface area (Å²) in [5.41, 5.74) is 13.4. The van der Waals surface area contributed by atoms with Crippen molar-refractivity contribution < 1.29 is 0 Å². The van der Waals surface area contributed by atoms with Crippen LogP contribution in [0, 0.1) is 0 Å². The Morgan fingerprint density at radius 2 is 1.32 bits per heavy atom. The standard InChI is InChI=1S/C13H22N6/c1-5-18-11(14)7-9(16-18)13(3,4)10-8-12(15)19(6-2)17-10/h7-8H,5-6,14-15H2,1-4H3. The SMILES string of the molecule is CCn1nc(C(C)(C)c2cc(N)n(CC)n2)cc1N. The third kappa shape index (κ3) is 2.18. The number of aryl methyl sites for hydroxylation is 2. The van der Waals surface area contributed by atoms with Crippen LogP contribution in [-0.4, -0.2) is 19.6 Å². The number of hydrogen-bond donors (Lipinski definition) is 2. The second kappa shape index (κ2) is 4.60. The van der Waals surface area contributed by atoms with Gasteiger partial charge in [0.05, 0.1) is 16.8 Å². The average Bonchev–Trinajstić information content (AvgIpc) is 2.92. The molecule has 19 heavy (non-hydrogen) atoms. The van der Waals surface area contributed by atoms with Crippen molar-refractivity contribution in [2.75, 3.05) is 11.5 Å². The zero-order valence-electron chi connectivity index (χ0n) is 12.0. The molecule has 2 aromatic rings. The number of rotatable bonds is 4. The van der Waals surface area contributed by atoms with E-state index in [0.29, 0.717) is 11.6 Å². The Kier molecular flexibility index (Phi) is 3.26. The van der Waals surface area contributed by atoms with Gasteiger partial charge in [-0.15, -0.1) is 0 Å². The predicted molar refractivity (Wildman–Crippen MR) is 76.8 cm³/mol. The van der Waals surface area contributed by atoms with E-state index in [-0.39, 0.29) is 5.41 Å². The normalized spacial score (nSPS) is 12.0. The zero-order valence-corrected chi connectivity index (χ0v) is 12.0. The Morgan fingerprint density at radius 1 is 0.947 bits per heavy atom. The van der Waals surface area contributed by atoms with Crippen LogP contribution in [0.3, 0.4) is 0 Å². The summed E-state index contributed by atoms with van der Waals surface area (Å²) in [6.45, 7) is 9.71. The second-order valence-corrected chi connectivity index (χ2v) is 5.17.